The average Bonchev–Trinajstić information content (AvgIpc) is 2.60. The van der Waals surface area contributed by atoms with Gasteiger partial charge < -0.3 is 10.6 Å². The van der Waals surface area contributed by atoms with E-state index >= 15 is 0 Å². The van der Waals surface area contributed by atoms with Gasteiger partial charge in [-0.1, -0.05) is 19.9 Å². The molecule has 24 heavy (non-hydrogen) atoms. The van der Waals surface area contributed by atoms with Gasteiger partial charge in [-0.25, -0.2) is 0 Å². The molecule has 6 nitrogen and oxygen atoms in total. The van der Waals surface area contributed by atoms with Gasteiger partial charge in [0.1, 0.15) is 6.04 Å². The van der Waals surface area contributed by atoms with Crippen molar-refractivity contribution in [3.63, 3.8) is 0 Å². The molecule has 2 aromatic rings. The fourth-order valence-electron chi connectivity index (χ4n) is 2.26. The van der Waals surface area contributed by atoms with Crippen molar-refractivity contribution in [3.05, 3.63) is 60.2 Å². The predicted octanol–water partition coefficient (Wildman–Crippen LogP) is 1.94. The van der Waals surface area contributed by atoms with Crippen LogP contribution in [-0.2, 0) is 11.3 Å². The van der Waals surface area contributed by atoms with Crippen molar-refractivity contribution in [1.82, 2.24) is 20.6 Å². The van der Waals surface area contributed by atoms with E-state index in [1.54, 1.807) is 30.7 Å². The number of carbonyl (C=O) groups excluding carboxylic acids is 2. The van der Waals surface area contributed by atoms with Gasteiger partial charge in [0.25, 0.3) is 5.91 Å². The van der Waals surface area contributed by atoms with Crippen molar-refractivity contribution in [2.75, 3.05) is 0 Å². The summed E-state index contributed by atoms with van der Waals surface area (Å²) in [7, 11) is 0. The zero-order valence-electron chi connectivity index (χ0n) is 13.9. The first kappa shape index (κ1) is 17.6. The second-order valence-corrected chi connectivity index (χ2v) is 5.98. The van der Waals surface area contributed by atoms with Crippen LogP contribution in [0, 0.1) is 5.92 Å². The highest BCUT2D eigenvalue weighted by Gasteiger charge is 2.22. The second kappa shape index (κ2) is 8.76. The Balaban J connectivity index is 1.99. The molecule has 0 unspecified atom stereocenters. The molecule has 0 aliphatic heterocycles. The van der Waals surface area contributed by atoms with Crippen LogP contribution in [0.1, 0.15) is 36.2 Å². The molecule has 0 aromatic carbocycles. The Bertz CT molecular complexity index is 659. The van der Waals surface area contributed by atoms with Crippen molar-refractivity contribution in [2.45, 2.75) is 32.9 Å². The van der Waals surface area contributed by atoms with E-state index in [4.69, 9.17) is 0 Å². The summed E-state index contributed by atoms with van der Waals surface area (Å²) in [5, 5.41) is 5.65. The normalized spacial score (nSPS) is 11.8. The zero-order valence-corrected chi connectivity index (χ0v) is 13.9. The van der Waals surface area contributed by atoms with Gasteiger partial charge in [-0.05, 0) is 36.1 Å². The molecule has 2 heterocycles. The van der Waals surface area contributed by atoms with Crippen LogP contribution >= 0.6 is 0 Å². The van der Waals surface area contributed by atoms with Crippen LogP contribution in [0.5, 0.6) is 0 Å². The molecule has 0 aliphatic rings. The number of nitrogens with zero attached hydrogens (tertiary/aromatic N) is 2. The average molecular weight is 326 g/mol. The Kier molecular flexibility index (Phi) is 6.42. The van der Waals surface area contributed by atoms with Gasteiger partial charge in [0.2, 0.25) is 5.91 Å². The van der Waals surface area contributed by atoms with Crippen molar-refractivity contribution in [1.29, 1.82) is 0 Å². The van der Waals surface area contributed by atoms with Crippen molar-refractivity contribution in [3.8, 4) is 0 Å². The maximum atomic E-state index is 12.5. The first-order valence-corrected chi connectivity index (χ1v) is 7.93. The molecule has 2 aromatic heterocycles. The minimum atomic E-state index is -0.589. The molecule has 0 fully saturated rings. The lowest BCUT2D eigenvalue weighted by atomic mass is 10.0. The molecule has 2 amide bonds. The van der Waals surface area contributed by atoms with Crippen LogP contribution in [-0.4, -0.2) is 27.8 Å². The topological polar surface area (TPSA) is 84.0 Å². The Morgan fingerprint density at radius 1 is 1.08 bits per heavy atom. The number of pyridine rings is 2. The summed E-state index contributed by atoms with van der Waals surface area (Å²) >= 11 is 0. The lowest BCUT2D eigenvalue weighted by Crippen LogP contribution is -2.47. The molecule has 6 heteroatoms. The largest absolute Gasteiger partial charge is 0.350 e. The van der Waals surface area contributed by atoms with Gasteiger partial charge in [-0.2, -0.15) is 0 Å². The number of amides is 2. The van der Waals surface area contributed by atoms with Crippen molar-refractivity contribution >= 4 is 11.8 Å². The molecule has 2 N–H and O–H groups in total. The van der Waals surface area contributed by atoms with Gasteiger partial charge in [0, 0.05) is 31.3 Å². The third kappa shape index (κ3) is 5.46. The van der Waals surface area contributed by atoms with E-state index in [-0.39, 0.29) is 17.7 Å². The maximum absolute atomic E-state index is 12.5. The molecule has 0 radical (unpaired) electrons. The van der Waals surface area contributed by atoms with E-state index in [0.29, 0.717) is 18.5 Å². The van der Waals surface area contributed by atoms with Gasteiger partial charge in [-0.15, -0.1) is 0 Å². The molecule has 0 saturated carbocycles. The molecule has 0 spiro atoms. The fourth-order valence-corrected chi connectivity index (χ4v) is 2.26. The number of rotatable bonds is 7. The van der Waals surface area contributed by atoms with Crippen LogP contribution in [0.4, 0.5) is 0 Å². The minimum absolute atomic E-state index is 0.204. The standard InChI is InChI=1S/C18H22N4O2/c1-13(2)9-16(22-17(23)15-6-4-8-20-12-15)18(24)21-11-14-5-3-7-19-10-14/h3-8,10,12-13,16H,9,11H2,1-2H3,(H,21,24)(H,22,23)/t16-/m0/s1. The van der Waals surface area contributed by atoms with Gasteiger partial charge in [-0.3, -0.25) is 19.6 Å². The molecule has 2 rings (SSSR count). The summed E-state index contributed by atoms with van der Waals surface area (Å²) in [5.74, 6) is -0.233. The highest BCUT2D eigenvalue weighted by molar-refractivity contribution is 5.97. The predicted molar refractivity (Wildman–Crippen MR) is 91.0 cm³/mol. The number of hydrogen-bond donors (Lipinski definition) is 2. The van der Waals surface area contributed by atoms with Crippen LogP contribution in [0.2, 0.25) is 0 Å². The van der Waals surface area contributed by atoms with Crippen LogP contribution in [0.25, 0.3) is 0 Å². The first-order valence-electron chi connectivity index (χ1n) is 7.93. The van der Waals surface area contributed by atoms with Crippen molar-refractivity contribution in [2.24, 2.45) is 5.92 Å². The lowest BCUT2D eigenvalue weighted by molar-refractivity contribution is -0.123. The Morgan fingerprint density at radius 2 is 1.79 bits per heavy atom. The molecular formula is C18H22N4O2. The smallest absolute Gasteiger partial charge is 0.253 e. The molecule has 1 atom stereocenters. The Labute approximate surface area is 141 Å². The van der Waals surface area contributed by atoms with E-state index in [9.17, 15) is 9.59 Å². The first-order chi connectivity index (χ1) is 11.6. The SMILES string of the molecule is CC(C)C[C@H](NC(=O)c1cccnc1)C(=O)NCc1cccnc1. The number of hydrogen-bond acceptors (Lipinski definition) is 4. The number of carbonyl (C=O) groups is 2. The molecule has 0 saturated heterocycles. The molecule has 0 bridgehead atoms. The minimum Gasteiger partial charge on any atom is -0.350 e. The van der Waals surface area contributed by atoms with Gasteiger partial charge in [0.15, 0.2) is 0 Å². The van der Waals surface area contributed by atoms with E-state index in [1.165, 1.54) is 6.20 Å². The lowest BCUT2D eigenvalue weighted by Gasteiger charge is -2.20. The zero-order chi connectivity index (χ0) is 17.4. The van der Waals surface area contributed by atoms with E-state index in [0.717, 1.165) is 5.56 Å². The highest BCUT2D eigenvalue weighted by Crippen LogP contribution is 2.07. The number of aromatic nitrogens is 2. The van der Waals surface area contributed by atoms with E-state index in [1.807, 2.05) is 26.0 Å². The Morgan fingerprint density at radius 3 is 2.38 bits per heavy atom. The van der Waals surface area contributed by atoms with E-state index < -0.39 is 6.04 Å². The maximum Gasteiger partial charge on any atom is 0.253 e. The summed E-state index contributed by atoms with van der Waals surface area (Å²) in [5.41, 5.74) is 1.35. The summed E-state index contributed by atoms with van der Waals surface area (Å²) in [6, 6.07) is 6.47. The molecule has 0 aliphatic carbocycles. The van der Waals surface area contributed by atoms with E-state index in [2.05, 4.69) is 20.6 Å². The summed E-state index contributed by atoms with van der Waals surface area (Å²) in [6.07, 6.45) is 7.02. The number of nitrogens with one attached hydrogen (secondary N) is 2. The second-order valence-electron chi connectivity index (χ2n) is 5.98. The van der Waals surface area contributed by atoms with Crippen LogP contribution in [0.15, 0.2) is 49.1 Å². The Hall–Kier alpha value is -2.76. The third-order valence-electron chi connectivity index (χ3n) is 3.44. The summed E-state index contributed by atoms with van der Waals surface area (Å²) in [4.78, 5) is 32.7. The van der Waals surface area contributed by atoms with Crippen LogP contribution in [0.3, 0.4) is 0 Å². The van der Waals surface area contributed by atoms with Crippen molar-refractivity contribution < 1.29 is 9.59 Å². The van der Waals surface area contributed by atoms with Gasteiger partial charge >= 0.3 is 0 Å². The summed E-state index contributed by atoms with van der Waals surface area (Å²) in [6.45, 7) is 4.40. The highest BCUT2D eigenvalue weighted by atomic mass is 16.2. The monoisotopic (exact) mass is 326 g/mol. The molecular weight excluding hydrogens is 304 g/mol. The molecule has 126 valence electrons. The van der Waals surface area contributed by atoms with Gasteiger partial charge in [0.05, 0.1) is 5.56 Å². The fraction of sp³-hybridized carbons (Fsp3) is 0.333. The quantitative estimate of drug-likeness (QED) is 0.814. The summed E-state index contributed by atoms with van der Waals surface area (Å²) < 4.78 is 0. The van der Waals surface area contributed by atoms with Crippen LogP contribution < -0.4 is 10.6 Å². The third-order valence-corrected chi connectivity index (χ3v) is 3.44.